The number of nitrogens with zero attached hydrogens (tertiary/aromatic N) is 2. The number of ketones is 1. The van der Waals surface area contributed by atoms with Crippen molar-refractivity contribution in [2.75, 3.05) is 5.75 Å². The van der Waals surface area contributed by atoms with Crippen molar-refractivity contribution in [3.05, 3.63) is 64.2 Å². The average Bonchev–Trinajstić information content (AvgIpc) is 3.01. The Bertz CT molecular complexity index is 872. The van der Waals surface area contributed by atoms with Crippen molar-refractivity contribution in [1.82, 2.24) is 10.2 Å². The van der Waals surface area contributed by atoms with E-state index in [0.717, 1.165) is 16.7 Å². The van der Waals surface area contributed by atoms with Gasteiger partial charge in [-0.1, -0.05) is 52.7 Å². The van der Waals surface area contributed by atoms with E-state index in [1.165, 1.54) is 11.8 Å². The van der Waals surface area contributed by atoms with E-state index in [0.29, 0.717) is 21.7 Å². The van der Waals surface area contributed by atoms with Crippen LogP contribution < -0.4 is 0 Å². The normalized spacial score (nSPS) is 10.8. The van der Waals surface area contributed by atoms with Crippen molar-refractivity contribution in [3.63, 3.8) is 0 Å². The van der Waals surface area contributed by atoms with Crippen molar-refractivity contribution in [2.24, 2.45) is 0 Å². The van der Waals surface area contributed by atoms with Crippen LogP contribution in [0.25, 0.3) is 11.5 Å². The lowest BCUT2D eigenvalue weighted by Crippen LogP contribution is -2.02. The number of halogens is 1. The quantitative estimate of drug-likeness (QED) is 0.475. The summed E-state index contributed by atoms with van der Waals surface area (Å²) in [4.78, 5) is 12.2. The highest BCUT2D eigenvalue weighted by molar-refractivity contribution is 7.99. The fourth-order valence-electron chi connectivity index (χ4n) is 2.38. The Morgan fingerprint density at radius 1 is 1.12 bits per heavy atom. The molecule has 0 radical (unpaired) electrons. The van der Waals surface area contributed by atoms with Crippen molar-refractivity contribution in [3.8, 4) is 11.5 Å². The number of Topliss-reactive ketones (excluding diaryl/α,β-unsaturated/α-hetero) is 1. The summed E-state index contributed by atoms with van der Waals surface area (Å²) in [5.74, 6) is 0.573. The first-order valence-electron chi connectivity index (χ1n) is 7.35. The lowest BCUT2D eigenvalue weighted by atomic mass is 10.1. The smallest absolute Gasteiger partial charge is 0.277 e. The van der Waals surface area contributed by atoms with E-state index in [1.54, 1.807) is 24.3 Å². The predicted octanol–water partition coefficient (Wildman–Crippen LogP) is 4.98. The molecule has 0 atom stereocenters. The summed E-state index contributed by atoms with van der Waals surface area (Å²) in [5, 5.41) is 8.88. The number of thioether (sulfide) groups is 1. The van der Waals surface area contributed by atoms with E-state index < -0.39 is 0 Å². The van der Waals surface area contributed by atoms with Gasteiger partial charge < -0.3 is 4.42 Å². The van der Waals surface area contributed by atoms with Gasteiger partial charge >= 0.3 is 0 Å². The zero-order valence-corrected chi connectivity index (χ0v) is 14.8. The molecule has 2 aromatic carbocycles. The van der Waals surface area contributed by atoms with Crippen LogP contribution in [0.5, 0.6) is 0 Å². The molecule has 1 heterocycles. The summed E-state index contributed by atoms with van der Waals surface area (Å²) in [6.07, 6.45) is 0. The van der Waals surface area contributed by atoms with Crippen molar-refractivity contribution in [1.29, 1.82) is 0 Å². The van der Waals surface area contributed by atoms with E-state index in [9.17, 15) is 4.79 Å². The summed E-state index contributed by atoms with van der Waals surface area (Å²) in [6, 6.07) is 13.0. The molecule has 0 aliphatic rings. The summed E-state index contributed by atoms with van der Waals surface area (Å²) >= 11 is 7.24. The molecule has 1 aromatic heterocycles. The van der Waals surface area contributed by atoms with Crippen LogP contribution in [0.4, 0.5) is 0 Å². The number of benzene rings is 2. The molecule has 4 nitrogen and oxygen atoms in total. The van der Waals surface area contributed by atoms with Gasteiger partial charge in [-0.2, -0.15) is 0 Å². The summed E-state index contributed by atoms with van der Waals surface area (Å²) in [7, 11) is 0. The predicted molar refractivity (Wildman–Crippen MR) is 95.7 cm³/mol. The summed E-state index contributed by atoms with van der Waals surface area (Å²) in [6.45, 7) is 4.04. The third kappa shape index (κ3) is 3.86. The first kappa shape index (κ1) is 16.7. The Labute approximate surface area is 149 Å². The van der Waals surface area contributed by atoms with Gasteiger partial charge in [0.15, 0.2) is 5.78 Å². The topological polar surface area (TPSA) is 56.0 Å². The molecule has 122 valence electrons. The van der Waals surface area contributed by atoms with Crippen LogP contribution in [0.3, 0.4) is 0 Å². The van der Waals surface area contributed by atoms with Crippen molar-refractivity contribution >= 4 is 29.1 Å². The molecule has 0 unspecified atom stereocenters. The van der Waals surface area contributed by atoms with Crippen LogP contribution in [0.1, 0.15) is 21.5 Å². The van der Waals surface area contributed by atoms with Crippen molar-refractivity contribution < 1.29 is 9.21 Å². The molecule has 0 fully saturated rings. The maximum absolute atomic E-state index is 12.2. The molecule has 0 saturated carbocycles. The van der Waals surface area contributed by atoms with Crippen LogP contribution >= 0.6 is 23.4 Å². The van der Waals surface area contributed by atoms with Gasteiger partial charge in [0.2, 0.25) is 5.89 Å². The minimum atomic E-state index is -0.0725. The molecule has 0 spiro atoms. The van der Waals surface area contributed by atoms with Crippen LogP contribution in [-0.4, -0.2) is 21.7 Å². The first-order valence-corrected chi connectivity index (χ1v) is 8.72. The average molecular weight is 359 g/mol. The van der Waals surface area contributed by atoms with Crippen LogP contribution in [0, 0.1) is 13.8 Å². The number of aryl methyl sites for hydroxylation is 2. The Morgan fingerprint density at radius 3 is 2.54 bits per heavy atom. The second-order valence-electron chi connectivity index (χ2n) is 5.44. The monoisotopic (exact) mass is 358 g/mol. The first-order chi connectivity index (χ1) is 11.5. The molecule has 0 bridgehead atoms. The standard InChI is InChI=1S/C18H15ClN2O2S/c1-11-7-12(2)9-13(8-11)17-20-21-18(23-17)24-10-16(22)14-5-3-4-6-15(14)19/h3-9H,10H2,1-2H3. The third-order valence-electron chi connectivity index (χ3n) is 3.38. The van der Waals surface area contributed by atoms with Gasteiger partial charge in [-0.3, -0.25) is 4.79 Å². The number of carbonyl (C=O) groups is 1. The maximum Gasteiger partial charge on any atom is 0.277 e. The SMILES string of the molecule is Cc1cc(C)cc(-c2nnc(SCC(=O)c3ccccc3Cl)o2)c1. The molecule has 0 amide bonds. The van der Waals surface area contributed by atoms with Crippen LogP contribution in [0.15, 0.2) is 52.1 Å². The Morgan fingerprint density at radius 2 is 1.83 bits per heavy atom. The maximum atomic E-state index is 12.2. The van der Waals surface area contributed by atoms with Crippen LogP contribution in [0.2, 0.25) is 5.02 Å². The van der Waals surface area contributed by atoms with E-state index in [-0.39, 0.29) is 11.5 Å². The Balaban J connectivity index is 1.70. The molecular formula is C18H15ClN2O2S. The highest BCUT2D eigenvalue weighted by Crippen LogP contribution is 2.26. The van der Waals surface area contributed by atoms with Gasteiger partial charge in [-0.05, 0) is 38.1 Å². The number of hydrogen-bond donors (Lipinski definition) is 0. The van der Waals surface area contributed by atoms with Gasteiger partial charge in [0.1, 0.15) is 0 Å². The van der Waals surface area contributed by atoms with Gasteiger partial charge in [0, 0.05) is 11.1 Å². The molecule has 0 aliphatic heterocycles. The van der Waals surface area contributed by atoms with E-state index in [1.807, 2.05) is 26.0 Å². The van der Waals surface area contributed by atoms with Gasteiger partial charge in [-0.25, -0.2) is 0 Å². The summed E-state index contributed by atoms with van der Waals surface area (Å²) in [5.41, 5.74) is 3.64. The largest absolute Gasteiger partial charge is 0.411 e. The number of hydrogen-bond acceptors (Lipinski definition) is 5. The Hall–Kier alpha value is -2.11. The number of carbonyl (C=O) groups excluding carboxylic acids is 1. The fraction of sp³-hybridized carbons (Fsp3) is 0.167. The molecule has 0 N–H and O–H groups in total. The molecule has 6 heteroatoms. The minimum Gasteiger partial charge on any atom is -0.411 e. The molecule has 3 rings (SSSR count). The molecular weight excluding hydrogens is 344 g/mol. The summed E-state index contributed by atoms with van der Waals surface area (Å²) < 4.78 is 5.65. The van der Waals surface area contributed by atoms with Gasteiger partial charge in [-0.15, -0.1) is 10.2 Å². The zero-order chi connectivity index (χ0) is 17.1. The van der Waals surface area contributed by atoms with E-state index in [4.69, 9.17) is 16.0 Å². The third-order valence-corrected chi connectivity index (χ3v) is 4.52. The lowest BCUT2D eigenvalue weighted by Gasteiger charge is -2.01. The number of aromatic nitrogens is 2. The Kier molecular flexibility index (Phi) is 5.02. The highest BCUT2D eigenvalue weighted by atomic mass is 35.5. The molecule has 0 aliphatic carbocycles. The zero-order valence-electron chi connectivity index (χ0n) is 13.2. The van der Waals surface area contributed by atoms with Gasteiger partial charge in [0.25, 0.3) is 5.22 Å². The number of rotatable bonds is 5. The fourth-order valence-corrected chi connectivity index (χ4v) is 3.26. The van der Waals surface area contributed by atoms with E-state index >= 15 is 0 Å². The molecule has 3 aromatic rings. The highest BCUT2D eigenvalue weighted by Gasteiger charge is 2.14. The molecule has 0 saturated heterocycles. The second-order valence-corrected chi connectivity index (χ2v) is 6.77. The van der Waals surface area contributed by atoms with Crippen LogP contribution in [-0.2, 0) is 0 Å². The van der Waals surface area contributed by atoms with E-state index in [2.05, 4.69) is 16.3 Å². The second kappa shape index (κ2) is 7.20. The minimum absolute atomic E-state index is 0.0725. The molecule has 24 heavy (non-hydrogen) atoms. The van der Waals surface area contributed by atoms with Crippen molar-refractivity contribution in [2.45, 2.75) is 19.1 Å². The van der Waals surface area contributed by atoms with Gasteiger partial charge in [0.05, 0.1) is 10.8 Å². The lowest BCUT2D eigenvalue weighted by molar-refractivity contribution is 0.102.